The standard InChI is InChI=1S/C14H22N2O3S/c1-7(6-17)14(2)12(19)16-13(20-14)15-10-4-9-3-8(10)5-11(9)18/h7-11,17-18H,3-6H2,1-2H3,(H,15,16,19)/t7-,8-,9-,10+,11-,14+/m1/s1. The Morgan fingerprint density at radius 2 is 2.20 bits per heavy atom. The van der Waals surface area contributed by atoms with Crippen LogP contribution in [0.4, 0.5) is 0 Å². The van der Waals surface area contributed by atoms with E-state index in [0.717, 1.165) is 19.3 Å². The first-order valence-corrected chi connectivity index (χ1v) is 8.13. The van der Waals surface area contributed by atoms with Gasteiger partial charge in [0, 0.05) is 12.5 Å². The summed E-state index contributed by atoms with van der Waals surface area (Å²) >= 11 is 1.44. The van der Waals surface area contributed by atoms with Crippen molar-refractivity contribution in [1.29, 1.82) is 0 Å². The monoisotopic (exact) mass is 298 g/mol. The van der Waals surface area contributed by atoms with Crippen molar-refractivity contribution < 1.29 is 15.0 Å². The largest absolute Gasteiger partial charge is 0.396 e. The highest BCUT2D eigenvalue weighted by atomic mass is 32.2. The fraction of sp³-hybridized carbons (Fsp3) is 0.857. The summed E-state index contributed by atoms with van der Waals surface area (Å²) < 4.78 is -0.634. The van der Waals surface area contributed by atoms with E-state index < -0.39 is 4.75 Å². The molecule has 1 amide bonds. The van der Waals surface area contributed by atoms with Crippen molar-refractivity contribution in [2.24, 2.45) is 22.7 Å². The molecule has 2 aliphatic carbocycles. The molecule has 0 aromatic heterocycles. The van der Waals surface area contributed by atoms with Gasteiger partial charge in [0.15, 0.2) is 5.17 Å². The van der Waals surface area contributed by atoms with Crippen molar-refractivity contribution in [1.82, 2.24) is 5.32 Å². The molecule has 3 fully saturated rings. The number of carbonyl (C=O) groups excluding carboxylic acids is 1. The highest BCUT2D eigenvalue weighted by Crippen LogP contribution is 2.47. The maximum atomic E-state index is 12.1. The molecule has 6 atom stereocenters. The van der Waals surface area contributed by atoms with Crippen LogP contribution in [0.15, 0.2) is 4.99 Å². The van der Waals surface area contributed by atoms with Crippen molar-refractivity contribution in [3.63, 3.8) is 0 Å². The zero-order valence-electron chi connectivity index (χ0n) is 11.9. The van der Waals surface area contributed by atoms with E-state index in [2.05, 4.69) is 5.32 Å². The van der Waals surface area contributed by atoms with E-state index in [1.165, 1.54) is 11.8 Å². The summed E-state index contributed by atoms with van der Waals surface area (Å²) in [6.45, 7) is 3.73. The lowest BCUT2D eigenvalue weighted by molar-refractivity contribution is -0.122. The van der Waals surface area contributed by atoms with Gasteiger partial charge >= 0.3 is 0 Å². The molecule has 2 bridgehead atoms. The van der Waals surface area contributed by atoms with Crippen molar-refractivity contribution >= 4 is 22.8 Å². The van der Waals surface area contributed by atoms with Crippen molar-refractivity contribution in [2.75, 3.05) is 6.61 Å². The van der Waals surface area contributed by atoms with E-state index in [0.29, 0.717) is 17.0 Å². The van der Waals surface area contributed by atoms with E-state index in [-0.39, 0.29) is 30.6 Å². The first-order valence-electron chi connectivity index (χ1n) is 7.31. The van der Waals surface area contributed by atoms with Crippen LogP contribution < -0.4 is 5.32 Å². The lowest BCUT2D eigenvalue weighted by atomic mass is 9.94. The van der Waals surface area contributed by atoms with Crippen LogP contribution in [0.2, 0.25) is 0 Å². The number of carbonyl (C=O) groups is 1. The molecule has 3 rings (SSSR count). The first kappa shape index (κ1) is 14.4. The summed E-state index contributed by atoms with van der Waals surface area (Å²) in [6.07, 6.45) is 2.68. The molecule has 3 aliphatic rings. The van der Waals surface area contributed by atoms with E-state index in [1.807, 2.05) is 13.8 Å². The van der Waals surface area contributed by atoms with E-state index in [4.69, 9.17) is 4.99 Å². The molecule has 0 spiro atoms. The van der Waals surface area contributed by atoms with E-state index in [9.17, 15) is 15.0 Å². The van der Waals surface area contributed by atoms with Gasteiger partial charge < -0.3 is 15.5 Å². The Balaban J connectivity index is 1.71. The number of aliphatic hydroxyl groups excluding tert-OH is 2. The third-order valence-electron chi connectivity index (χ3n) is 5.26. The predicted molar refractivity (Wildman–Crippen MR) is 78.4 cm³/mol. The van der Waals surface area contributed by atoms with Crippen molar-refractivity contribution in [2.45, 2.75) is 50.0 Å². The maximum absolute atomic E-state index is 12.1. The molecule has 1 heterocycles. The number of aliphatic imine (C=N–C) groups is 1. The van der Waals surface area contributed by atoms with Crippen molar-refractivity contribution in [3.8, 4) is 0 Å². The molecule has 0 aromatic rings. The molecule has 2 saturated carbocycles. The summed E-state index contributed by atoms with van der Waals surface area (Å²) in [6, 6.07) is 0.234. The summed E-state index contributed by atoms with van der Waals surface area (Å²) in [7, 11) is 0. The van der Waals surface area contributed by atoms with Crippen LogP contribution in [0.5, 0.6) is 0 Å². The second kappa shape index (κ2) is 5.00. The maximum Gasteiger partial charge on any atom is 0.242 e. The van der Waals surface area contributed by atoms with Crippen LogP contribution >= 0.6 is 11.8 Å². The fourth-order valence-corrected chi connectivity index (χ4v) is 4.73. The smallest absolute Gasteiger partial charge is 0.242 e. The average Bonchev–Trinajstić information content (AvgIpc) is 3.03. The average molecular weight is 298 g/mol. The molecule has 1 aliphatic heterocycles. The summed E-state index contributed by atoms with van der Waals surface area (Å²) in [5, 5.41) is 22.6. The number of rotatable bonds is 3. The summed E-state index contributed by atoms with van der Waals surface area (Å²) in [4.78, 5) is 16.8. The minimum absolute atomic E-state index is 0.00940. The van der Waals surface area contributed by atoms with Crippen LogP contribution in [-0.4, -0.2) is 44.8 Å². The number of aliphatic hydroxyl groups is 2. The minimum atomic E-state index is -0.634. The van der Waals surface area contributed by atoms with E-state index >= 15 is 0 Å². The van der Waals surface area contributed by atoms with Gasteiger partial charge in [-0.1, -0.05) is 18.7 Å². The molecular weight excluding hydrogens is 276 g/mol. The van der Waals surface area contributed by atoms with Gasteiger partial charge in [0.25, 0.3) is 0 Å². The number of thioether (sulfide) groups is 1. The first-order chi connectivity index (χ1) is 9.44. The molecule has 112 valence electrons. The van der Waals surface area contributed by atoms with Gasteiger partial charge in [0.05, 0.1) is 12.1 Å². The Morgan fingerprint density at radius 3 is 2.75 bits per heavy atom. The van der Waals surface area contributed by atoms with Crippen LogP contribution in [0.1, 0.15) is 33.1 Å². The SMILES string of the molecule is C[C@H](CO)[C@]1(C)SC(=N[C@H]2C[C@H]3C[C@@H]2C[C@H]3O)NC1=O. The fourth-order valence-electron chi connectivity index (χ4n) is 3.57. The second-order valence-electron chi connectivity index (χ2n) is 6.54. The quantitative estimate of drug-likeness (QED) is 0.718. The van der Waals surface area contributed by atoms with Crippen LogP contribution in [0, 0.1) is 17.8 Å². The zero-order chi connectivity index (χ0) is 14.5. The number of amidine groups is 1. The third-order valence-corrected chi connectivity index (χ3v) is 6.67. The Hall–Kier alpha value is -0.590. The number of amides is 1. The third kappa shape index (κ3) is 2.18. The highest BCUT2D eigenvalue weighted by molar-refractivity contribution is 8.16. The normalized spacial score (nSPS) is 47.0. The van der Waals surface area contributed by atoms with Crippen LogP contribution in [0.3, 0.4) is 0 Å². The molecule has 0 unspecified atom stereocenters. The molecule has 20 heavy (non-hydrogen) atoms. The van der Waals surface area contributed by atoms with Gasteiger partial charge in [0.1, 0.15) is 4.75 Å². The number of hydrogen-bond donors (Lipinski definition) is 3. The molecule has 1 saturated heterocycles. The van der Waals surface area contributed by atoms with Crippen LogP contribution in [-0.2, 0) is 4.79 Å². The van der Waals surface area contributed by atoms with Gasteiger partial charge in [-0.05, 0) is 38.0 Å². The van der Waals surface area contributed by atoms with E-state index in [1.54, 1.807) is 0 Å². The van der Waals surface area contributed by atoms with Gasteiger partial charge in [-0.15, -0.1) is 0 Å². The van der Waals surface area contributed by atoms with Crippen LogP contribution in [0.25, 0.3) is 0 Å². The molecule has 5 nitrogen and oxygen atoms in total. The summed E-state index contributed by atoms with van der Waals surface area (Å²) in [5.74, 6) is 0.675. The molecule has 6 heteroatoms. The minimum Gasteiger partial charge on any atom is -0.396 e. The highest BCUT2D eigenvalue weighted by Gasteiger charge is 2.49. The molecule has 0 radical (unpaired) electrons. The Morgan fingerprint density at radius 1 is 1.45 bits per heavy atom. The Kier molecular flexibility index (Phi) is 3.59. The summed E-state index contributed by atoms with van der Waals surface area (Å²) in [5.41, 5.74) is 0. The van der Waals surface area contributed by atoms with Crippen molar-refractivity contribution in [3.05, 3.63) is 0 Å². The second-order valence-corrected chi connectivity index (χ2v) is 7.98. The zero-order valence-corrected chi connectivity index (χ0v) is 12.7. The van der Waals surface area contributed by atoms with Gasteiger partial charge in [-0.3, -0.25) is 9.79 Å². The number of nitrogens with one attached hydrogen (secondary N) is 1. The molecule has 0 aromatic carbocycles. The lowest BCUT2D eigenvalue weighted by Crippen LogP contribution is -2.40. The topological polar surface area (TPSA) is 81.9 Å². The number of fused-ring (bicyclic) bond motifs is 2. The Bertz CT molecular complexity index is 454. The van der Waals surface area contributed by atoms with Gasteiger partial charge in [-0.2, -0.15) is 0 Å². The van der Waals surface area contributed by atoms with Gasteiger partial charge in [0.2, 0.25) is 5.91 Å². The molecular formula is C14H22N2O3S. The lowest BCUT2D eigenvalue weighted by Gasteiger charge is -2.25. The predicted octanol–water partition coefficient (Wildman–Crippen LogP) is 0.752. The number of hydrogen-bond acceptors (Lipinski definition) is 5. The van der Waals surface area contributed by atoms with Gasteiger partial charge in [-0.25, -0.2) is 0 Å². The number of nitrogens with zero attached hydrogens (tertiary/aromatic N) is 1. The Labute approximate surface area is 123 Å². The molecule has 3 N–H and O–H groups in total.